The van der Waals surface area contributed by atoms with E-state index < -0.39 is 5.97 Å². The van der Waals surface area contributed by atoms with Crippen molar-refractivity contribution in [2.24, 2.45) is 0 Å². The van der Waals surface area contributed by atoms with Crippen LogP contribution in [0.3, 0.4) is 0 Å². The highest BCUT2D eigenvalue weighted by Gasteiger charge is 2.17. The second-order valence-corrected chi connectivity index (χ2v) is 6.95. The molecule has 2 aromatic rings. The standard InChI is InChI=1S/C24H23ClN2O2/c1-4-8-18-13-20(15-21(16(18)2)17-9-6-5-7-10-17)27-23-22(24(28)29-3)14-19(25)11-12-26-23/h4-15,26-27H,1-3H3/b8-4-. The van der Waals surface area contributed by atoms with Crippen LogP contribution < -0.4 is 10.6 Å². The van der Waals surface area contributed by atoms with E-state index in [1.54, 1.807) is 18.4 Å². The Bertz CT molecular complexity index is 1030. The van der Waals surface area contributed by atoms with Crippen LogP contribution in [0.5, 0.6) is 0 Å². The Balaban J connectivity index is 2.12. The molecule has 0 radical (unpaired) electrons. The van der Waals surface area contributed by atoms with Crippen LogP contribution in [0.15, 0.2) is 83.3 Å². The van der Waals surface area contributed by atoms with Crippen LogP contribution in [0, 0.1) is 6.92 Å². The number of ether oxygens (including phenoxy) is 1. The Kier molecular flexibility index (Phi) is 6.57. The predicted octanol–water partition coefficient (Wildman–Crippen LogP) is 5.73. The van der Waals surface area contributed by atoms with Crippen LogP contribution in [-0.2, 0) is 9.53 Å². The van der Waals surface area contributed by atoms with Crippen molar-refractivity contribution in [3.63, 3.8) is 0 Å². The topological polar surface area (TPSA) is 50.4 Å². The number of halogens is 1. The summed E-state index contributed by atoms with van der Waals surface area (Å²) in [6.45, 7) is 4.10. The van der Waals surface area contributed by atoms with Gasteiger partial charge in [0.2, 0.25) is 0 Å². The maximum Gasteiger partial charge on any atom is 0.341 e. The van der Waals surface area contributed by atoms with Crippen molar-refractivity contribution in [3.8, 4) is 11.1 Å². The van der Waals surface area contributed by atoms with Gasteiger partial charge in [-0.3, -0.25) is 0 Å². The molecule has 1 aliphatic heterocycles. The molecule has 0 aliphatic carbocycles. The summed E-state index contributed by atoms with van der Waals surface area (Å²) in [6, 6.07) is 14.3. The zero-order chi connectivity index (χ0) is 20.8. The number of esters is 1. The lowest BCUT2D eigenvalue weighted by molar-refractivity contribution is -0.135. The second-order valence-electron chi connectivity index (χ2n) is 6.52. The summed E-state index contributed by atoms with van der Waals surface area (Å²) >= 11 is 6.13. The van der Waals surface area contributed by atoms with Crippen molar-refractivity contribution in [1.82, 2.24) is 5.32 Å². The van der Waals surface area contributed by atoms with E-state index in [1.165, 1.54) is 12.7 Å². The monoisotopic (exact) mass is 406 g/mol. The average Bonchev–Trinajstić information content (AvgIpc) is 2.91. The minimum absolute atomic E-state index is 0.317. The van der Waals surface area contributed by atoms with Crippen molar-refractivity contribution >= 4 is 29.3 Å². The quantitative estimate of drug-likeness (QED) is 0.622. The number of methoxy groups -OCH3 is 1. The zero-order valence-corrected chi connectivity index (χ0v) is 17.4. The number of hydrogen-bond acceptors (Lipinski definition) is 4. The Morgan fingerprint density at radius 3 is 2.66 bits per heavy atom. The summed E-state index contributed by atoms with van der Waals surface area (Å²) in [5, 5.41) is 6.83. The zero-order valence-electron chi connectivity index (χ0n) is 16.6. The van der Waals surface area contributed by atoms with Crippen molar-refractivity contribution in [1.29, 1.82) is 0 Å². The summed E-state index contributed by atoms with van der Waals surface area (Å²) in [5.41, 5.74) is 5.66. The van der Waals surface area contributed by atoms with E-state index in [9.17, 15) is 4.79 Å². The fourth-order valence-electron chi connectivity index (χ4n) is 3.14. The van der Waals surface area contributed by atoms with Crippen LogP contribution in [0.2, 0.25) is 0 Å². The Labute approximate surface area is 176 Å². The van der Waals surface area contributed by atoms with Gasteiger partial charge in [0.05, 0.1) is 7.11 Å². The van der Waals surface area contributed by atoms with Gasteiger partial charge < -0.3 is 15.4 Å². The number of rotatable bonds is 5. The molecule has 0 spiro atoms. The molecule has 2 aromatic carbocycles. The molecule has 0 saturated carbocycles. The number of carbonyl (C=O) groups excluding carboxylic acids is 1. The fourth-order valence-corrected chi connectivity index (χ4v) is 3.31. The molecule has 3 rings (SSSR count). The molecular weight excluding hydrogens is 384 g/mol. The molecule has 0 aromatic heterocycles. The number of allylic oxidation sites excluding steroid dienone is 3. The molecular formula is C24H23ClN2O2. The lowest BCUT2D eigenvalue weighted by atomic mass is 9.95. The van der Waals surface area contributed by atoms with Gasteiger partial charge >= 0.3 is 5.97 Å². The van der Waals surface area contributed by atoms with Crippen LogP contribution in [0.4, 0.5) is 5.69 Å². The molecule has 4 nitrogen and oxygen atoms in total. The Morgan fingerprint density at radius 2 is 1.97 bits per heavy atom. The number of anilines is 1. The van der Waals surface area contributed by atoms with Gasteiger partial charge in [0, 0.05) is 16.9 Å². The SMILES string of the molecule is C/C=C\c1cc(NC2=C(C(=O)OC)C=C(Cl)C=CN2)cc(-c2ccccc2)c1C. The molecule has 29 heavy (non-hydrogen) atoms. The number of hydrogen-bond donors (Lipinski definition) is 2. The highest BCUT2D eigenvalue weighted by Crippen LogP contribution is 2.31. The third-order valence-electron chi connectivity index (χ3n) is 4.58. The number of carbonyl (C=O) groups is 1. The molecule has 0 amide bonds. The molecule has 2 N–H and O–H groups in total. The lowest BCUT2D eigenvalue weighted by Crippen LogP contribution is -2.20. The molecule has 0 bridgehead atoms. The molecule has 1 heterocycles. The number of nitrogens with one attached hydrogen (secondary N) is 2. The minimum atomic E-state index is -0.481. The third-order valence-corrected chi connectivity index (χ3v) is 4.81. The van der Waals surface area contributed by atoms with Gasteiger partial charge in [-0.1, -0.05) is 54.1 Å². The van der Waals surface area contributed by atoms with E-state index in [0.29, 0.717) is 16.4 Å². The van der Waals surface area contributed by atoms with Gasteiger partial charge in [-0.15, -0.1) is 0 Å². The fraction of sp³-hybridized carbons (Fsp3) is 0.125. The van der Waals surface area contributed by atoms with Crippen LogP contribution in [0.1, 0.15) is 18.1 Å². The number of benzene rings is 2. The summed E-state index contributed by atoms with van der Waals surface area (Å²) in [4.78, 5) is 12.3. The summed E-state index contributed by atoms with van der Waals surface area (Å²) in [5.74, 6) is 0.0176. The largest absolute Gasteiger partial charge is 0.465 e. The van der Waals surface area contributed by atoms with Gasteiger partial charge in [0.15, 0.2) is 0 Å². The molecule has 0 unspecified atom stereocenters. The van der Waals surface area contributed by atoms with Crippen molar-refractivity contribution in [2.75, 3.05) is 12.4 Å². The highest BCUT2D eigenvalue weighted by molar-refractivity contribution is 6.31. The van der Waals surface area contributed by atoms with Gasteiger partial charge in [-0.05, 0) is 60.4 Å². The Hall–Kier alpha value is -3.24. The third kappa shape index (κ3) is 4.79. The van der Waals surface area contributed by atoms with E-state index in [2.05, 4.69) is 41.8 Å². The Morgan fingerprint density at radius 1 is 1.21 bits per heavy atom. The summed E-state index contributed by atoms with van der Waals surface area (Å²) in [6.07, 6.45) is 9.01. The molecule has 0 atom stereocenters. The smallest absolute Gasteiger partial charge is 0.341 e. The first kappa shape index (κ1) is 20.5. The van der Waals surface area contributed by atoms with Crippen molar-refractivity contribution in [2.45, 2.75) is 13.8 Å². The highest BCUT2D eigenvalue weighted by atomic mass is 35.5. The second kappa shape index (κ2) is 9.30. The van der Waals surface area contributed by atoms with E-state index in [4.69, 9.17) is 16.3 Å². The molecule has 1 aliphatic rings. The predicted molar refractivity (Wildman–Crippen MR) is 120 cm³/mol. The first-order valence-electron chi connectivity index (χ1n) is 9.26. The first-order chi connectivity index (χ1) is 14.0. The molecule has 0 saturated heterocycles. The minimum Gasteiger partial charge on any atom is -0.465 e. The summed E-state index contributed by atoms with van der Waals surface area (Å²) < 4.78 is 4.92. The van der Waals surface area contributed by atoms with E-state index in [0.717, 1.165) is 22.4 Å². The van der Waals surface area contributed by atoms with Gasteiger partial charge in [0.25, 0.3) is 0 Å². The average molecular weight is 407 g/mol. The van der Waals surface area contributed by atoms with E-state index >= 15 is 0 Å². The van der Waals surface area contributed by atoms with E-state index in [1.807, 2.05) is 37.3 Å². The normalized spacial score (nSPS) is 13.7. The molecule has 148 valence electrons. The van der Waals surface area contributed by atoms with Crippen molar-refractivity contribution < 1.29 is 9.53 Å². The maximum absolute atomic E-state index is 12.3. The molecule has 0 fully saturated rings. The van der Waals surface area contributed by atoms with Gasteiger partial charge in [-0.2, -0.15) is 0 Å². The van der Waals surface area contributed by atoms with Crippen LogP contribution in [0.25, 0.3) is 17.2 Å². The molecule has 5 heteroatoms. The maximum atomic E-state index is 12.3. The van der Waals surface area contributed by atoms with Gasteiger partial charge in [0.1, 0.15) is 11.4 Å². The van der Waals surface area contributed by atoms with Crippen LogP contribution >= 0.6 is 11.6 Å². The first-order valence-corrected chi connectivity index (χ1v) is 9.64. The summed E-state index contributed by atoms with van der Waals surface area (Å²) in [7, 11) is 1.34. The van der Waals surface area contributed by atoms with Gasteiger partial charge in [-0.25, -0.2) is 4.79 Å². The lowest BCUT2D eigenvalue weighted by Gasteiger charge is -2.17. The van der Waals surface area contributed by atoms with Crippen molar-refractivity contribution in [3.05, 3.63) is 94.4 Å². The van der Waals surface area contributed by atoms with E-state index in [-0.39, 0.29) is 0 Å². The van der Waals surface area contributed by atoms with Crippen LogP contribution in [-0.4, -0.2) is 13.1 Å².